The van der Waals surface area contributed by atoms with Crippen LogP contribution in [0.25, 0.3) is 0 Å². The van der Waals surface area contributed by atoms with E-state index < -0.39 is 36.0 Å². The van der Waals surface area contributed by atoms with Crippen LogP contribution in [-0.4, -0.2) is 71.2 Å². The normalized spacial score (nSPS) is 18.8. The van der Waals surface area contributed by atoms with Crippen molar-refractivity contribution in [3.05, 3.63) is 66.7 Å². The molecule has 0 bridgehead atoms. The van der Waals surface area contributed by atoms with Gasteiger partial charge in [0.2, 0.25) is 17.7 Å². The van der Waals surface area contributed by atoms with Crippen molar-refractivity contribution in [2.45, 2.75) is 50.9 Å². The van der Waals surface area contributed by atoms with E-state index in [2.05, 4.69) is 57.5 Å². The van der Waals surface area contributed by atoms with Crippen LogP contribution in [0, 0.1) is 0 Å². The van der Waals surface area contributed by atoms with Crippen molar-refractivity contribution in [2.75, 3.05) is 19.7 Å². The first-order valence-electron chi connectivity index (χ1n) is 13.5. The summed E-state index contributed by atoms with van der Waals surface area (Å²) in [6.07, 6.45) is 2.26. The van der Waals surface area contributed by atoms with Crippen LogP contribution in [0.1, 0.15) is 50.4 Å². The van der Waals surface area contributed by atoms with E-state index in [-0.39, 0.29) is 43.6 Å². The van der Waals surface area contributed by atoms with Crippen molar-refractivity contribution in [3.63, 3.8) is 0 Å². The molecule has 238 valence electrons. The zero-order chi connectivity index (χ0) is 32.6. The van der Waals surface area contributed by atoms with Gasteiger partial charge in [-0.1, -0.05) is 15.9 Å². The Morgan fingerprint density at radius 3 is 2.32 bits per heavy atom. The molecule has 2 unspecified atom stereocenters. The number of nitrogens with zero attached hydrogens (tertiary/aromatic N) is 2. The topological polar surface area (TPSA) is 167 Å². The first kappa shape index (κ1) is 36.0. The molecule has 0 radical (unpaired) electrons. The number of hydrogen-bond donors (Lipinski definition) is 1. The zero-order valence-electron chi connectivity index (χ0n) is 24.0. The smallest absolute Gasteiger partial charge is 0.356 e. The average molecular weight is 681 g/mol. The van der Waals surface area contributed by atoms with Crippen molar-refractivity contribution in [1.82, 2.24) is 15.1 Å². The Morgan fingerprint density at radius 2 is 1.66 bits per heavy atom. The van der Waals surface area contributed by atoms with Crippen LogP contribution >= 0.6 is 15.9 Å². The molecule has 3 aliphatic rings. The molecule has 1 aromatic rings. The molecule has 2 saturated heterocycles. The monoisotopic (exact) mass is 679 g/mol. The minimum Gasteiger partial charge on any atom is -0.356 e. The number of carbonyl (C=O) groups is 6. The quantitative estimate of drug-likeness (QED) is 0.113. The predicted octanol–water partition coefficient (Wildman–Crippen LogP) is 3.58. The lowest BCUT2D eigenvalue weighted by Gasteiger charge is -2.15. The third-order valence-corrected chi connectivity index (χ3v) is 6.90. The number of imide groups is 4. The Bertz CT molecular complexity index is 1220. The summed E-state index contributed by atoms with van der Waals surface area (Å²) in [4.78, 5) is 80.7. The minimum atomic E-state index is -1.29. The van der Waals surface area contributed by atoms with E-state index in [0.717, 1.165) is 11.3 Å². The highest BCUT2D eigenvalue weighted by molar-refractivity contribution is 9.10. The van der Waals surface area contributed by atoms with E-state index in [0.29, 0.717) is 40.9 Å². The number of benzene rings is 1. The molecule has 2 atom stereocenters. The molecule has 1 aromatic carbocycles. The van der Waals surface area contributed by atoms with Crippen LogP contribution in [0.5, 0.6) is 5.75 Å². The highest BCUT2D eigenvalue weighted by Crippen LogP contribution is 2.35. The molecule has 2 fully saturated rings. The summed E-state index contributed by atoms with van der Waals surface area (Å²) in [7, 11) is 0. The van der Waals surface area contributed by atoms with Gasteiger partial charge in [-0.15, -0.1) is 26.3 Å². The highest BCUT2D eigenvalue weighted by Gasteiger charge is 2.37. The van der Waals surface area contributed by atoms with Gasteiger partial charge in [-0.2, -0.15) is 4.90 Å². The summed E-state index contributed by atoms with van der Waals surface area (Å²) >= 11 is 3.43. The van der Waals surface area contributed by atoms with Crippen LogP contribution in [0.4, 0.5) is 4.79 Å². The van der Waals surface area contributed by atoms with Crippen molar-refractivity contribution in [2.24, 2.45) is 0 Å². The molecular weight excluding hydrogens is 646 g/mol. The summed E-state index contributed by atoms with van der Waals surface area (Å²) in [6.45, 7) is 12.9. The lowest BCUT2D eigenvalue weighted by Crippen LogP contribution is -2.36. The molecule has 0 spiro atoms. The largest absolute Gasteiger partial charge is 0.458 e. The van der Waals surface area contributed by atoms with Crippen molar-refractivity contribution >= 4 is 51.6 Å². The maximum atomic E-state index is 12.0. The van der Waals surface area contributed by atoms with Crippen LogP contribution < -0.4 is 10.2 Å². The number of carbonyl (C=O) groups excluding carboxylic acids is 6. The SMILES string of the molecule is C=C.C=C.O=C(CCN1C(=O)C=CC1=O)NCCCCC1COC(c2cc(OOOC(=O)N3C(=O)CCC3=O)ccc2Br)O1. The number of halogens is 1. The highest BCUT2D eigenvalue weighted by atomic mass is 79.9. The van der Waals surface area contributed by atoms with E-state index in [1.165, 1.54) is 18.2 Å². The molecule has 6 amide bonds. The lowest BCUT2D eigenvalue weighted by molar-refractivity contribution is -0.431. The van der Waals surface area contributed by atoms with Gasteiger partial charge in [0.15, 0.2) is 12.0 Å². The molecule has 0 aromatic heterocycles. The number of ether oxygens (including phenoxy) is 2. The number of likely N-dealkylation sites (tertiary alicyclic amines) is 1. The third-order valence-electron chi connectivity index (χ3n) is 6.18. The fourth-order valence-electron chi connectivity index (χ4n) is 4.10. The van der Waals surface area contributed by atoms with Crippen LogP contribution in [0.3, 0.4) is 0 Å². The van der Waals surface area contributed by atoms with Gasteiger partial charge in [0, 0.05) is 59.6 Å². The Morgan fingerprint density at radius 1 is 1.00 bits per heavy atom. The lowest BCUT2D eigenvalue weighted by atomic mass is 10.1. The molecule has 3 heterocycles. The second-order valence-electron chi connectivity index (χ2n) is 8.99. The van der Waals surface area contributed by atoms with Gasteiger partial charge in [-0.05, 0) is 37.5 Å². The minimum absolute atomic E-state index is 0.0450. The molecule has 4 rings (SSSR count). The van der Waals surface area contributed by atoms with E-state index in [1.807, 2.05) is 0 Å². The van der Waals surface area contributed by atoms with E-state index in [4.69, 9.17) is 14.4 Å². The molecule has 14 nitrogen and oxygen atoms in total. The Balaban J connectivity index is 0.00000162. The number of nitrogens with one attached hydrogen (secondary N) is 1. The van der Waals surface area contributed by atoms with Gasteiger partial charge in [-0.3, -0.25) is 33.8 Å². The summed E-state index contributed by atoms with van der Waals surface area (Å²) in [6, 6.07) is 4.72. The molecule has 44 heavy (non-hydrogen) atoms. The van der Waals surface area contributed by atoms with Gasteiger partial charge in [-0.25, -0.2) is 9.68 Å². The molecule has 3 aliphatic heterocycles. The summed E-state index contributed by atoms with van der Waals surface area (Å²) in [5.74, 6) is -2.27. The predicted molar refractivity (Wildman–Crippen MR) is 157 cm³/mol. The number of unbranched alkanes of at least 4 members (excludes halogenated alkanes) is 1. The molecule has 15 heteroatoms. The van der Waals surface area contributed by atoms with E-state index >= 15 is 0 Å². The molecule has 0 saturated carbocycles. The van der Waals surface area contributed by atoms with E-state index in [9.17, 15) is 28.8 Å². The first-order chi connectivity index (χ1) is 21.2. The Kier molecular flexibility index (Phi) is 15.1. The average Bonchev–Trinajstić information content (AvgIpc) is 3.73. The molecule has 0 aliphatic carbocycles. The van der Waals surface area contributed by atoms with Crippen molar-refractivity contribution < 1.29 is 53.1 Å². The van der Waals surface area contributed by atoms with Crippen LogP contribution in [0.2, 0.25) is 0 Å². The third kappa shape index (κ3) is 10.2. The maximum absolute atomic E-state index is 12.0. The number of rotatable bonds is 12. The summed E-state index contributed by atoms with van der Waals surface area (Å²) in [5, 5.41) is 7.23. The second kappa shape index (κ2) is 18.5. The first-order valence-corrected chi connectivity index (χ1v) is 14.3. The van der Waals surface area contributed by atoms with Gasteiger partial charge < -0.3 is 14.8 Å². The van der Waals surface area contributed by atoms with Crippen molar-refractivity contribution in [3.8, 4) is 5.75 Å². The van der Waals surface area contributed by atoms with Crippen molar-refractivity contribution in [1.29, 1.82) is 0 Å². The molecular formula is C29H34BrN3O11. The Labute approximate surface area is 262 Å². The van der Waals surface area contributed by atoms with Gasteiger partial charge >= 0.3 is 6.09 Å². The van der Waals surface area contributed by atoms with Crippen LogP contribution in [-0.2, 0) is 43.4 Å². The fourth-order valence-corrected chi connectivity index (χ4v) is 4.53. The summed E-state index contributed by atoms with van der Waals surface area (Å²) < 4.78 is 12.4. The van der Waals surface area contributed by atoms with Gasteiger partial charge in [0.25, 0.3) is 11.8 Å². The number of hydrogen-bond acceptors (Lipinski definition) is 11. The van der Waals surface area contributed by atoms with Gasteiger partial charge in [0.05, 0.1) is 12.7 Å². The standard InChI is InChI=1S/C25H26BrN3O11.2C2H4/c26-18-5-4-15(38-40-39-25(35)29-22(33)8-9-23(29)34)13-17(18)24-36-14-16(37-24)3-1-2-11-27-19(30)10-12-28-20(31)6-7-21(28)32;2*1-2/h4-7,13,16,24H,1-3,8-12,14H2,(H,27,30);2*1-2H2. The Hall–Kier alpha value is -4.18. The molecule has 1 N–H and O–H groups in total. The summed E-state index contributed by atoms with van der Waals surface area (Å²) in [5.41, 5.74) is 0.595. The fraction of sp³-hybridized carbons (Fsp3) is 0.379. The van der Waals surface area contributed by atoms with E-state index in [1.54, 1.807) is 12.1 Å². The van der Waals surface area contributed by atoms with Gasteiger partial charge in [0.1, 0.15) is 0 Å². The van der Waals surface area contributed by atoms with Crippen LogP contribution in [0.15, 0.2) is 61.1 Å². The zero-order valence-corrected chi connectivity index (χ0v) is 25.6. The number of amides is 6. The second-order valence-corrected chi connectivity index (χ2v) is 9.84. The maximum Gasteiger partial charge on any atom is 0.458 e.